The fraction of sp³-hybridized carbons (Fsp3) is 0.400. The minimum Gasteiger partial charge on any atom is -0.493 e. The standard InChI is InChI=1S/C25H30N4O3/c1-18(30)19-7-9-20(10-8-19)28-25-21-15-24(23(31-2)16-22(21)26-17-27-25)32-14-6-13-29-11-4-3-5-12-29/h7-10,15-17H,3-6,11-14H2,1-2H3,(H,26,27,28). The molecule has 1 aliphatic rings. The number of methoxy groups -OCH3 is 1. The van der Waals surface area contributed by atoms with Gasteiger partial charge in [-0.25, -0.2) is 9.97 Å². The summed E-state index contributed by atoms with van der Waals surface area (Å²) in [4.78, 5) is 22.8. The van der Waals surface area contributed by atoms with E-state index in [1.54, 1.807) is 26.2 Å². The zero-order valence-electron chi connectivity index (χ0n) is 18.8. The second kappa shape index (κ2) is 10.4. The van der Waals surface area contributed by atoms with E-state index < -0.39 is 0 Å². The van der Waals surface area contributed by atoms with E-state index in [0.717, 1.165) is 29.6 Å². The van der Waals surface area contributed by atoms with Gasteiger partial charge in [-0.2, -0.15) is 0 Å². The number of fused-ring (bicyclic) bond motifs is 1. The molecule has 1 aromatic heterocycles. The quantitative estimate of drug-likeness (QED) is 0.381. The third kappa shape index (κ3) is 5.34. The van der Waals surface area contributed by atoms with Crippen molar-refractivity contribution in [1.82, 2.24) is 14.9 Å². The van der Waals surface area contributed by atoms with Crippen molar-refractivity contribution in [3.63, 3.8) is 0 Å². The lowest BCUT2D eigenvalue weighted by molar-refractivity contribution is 0.101. The van der Waals surface area contributed by atoms with Crippen molar-refractivity contribution in [2.75, 3.05) is 38.7 Å². The first-order valence-corrected chi connectivity index (χ1v) is 11.2. The zero-order chi connectivity index (χ0) is 22.3. The van der Waals surface area contributed by atoms with E-state index >= 15 is 0 Å². The molecule has 0 spiro atoms. The highest BCUT2D eigenvalue weighted by atomic mass is 16.5. The lowest BCUT2D eigenvalue weighted by Gasteiger charge is -2.26. The van der Waals surface area contributed by atoms with Crippen LogP contribution in [0.5, 0.6) is 11.5 Å². The van der Waals surface area contributed by atoms with Crippen LogP contribution in [-0.2, 0) is 0 Å². The summed E-state index contributed by atoms with van der Waals surface area (Å²) in [5, 5.41) is 4.17. The summed E-state index contributed by atoms with van der Waals surface area (Å²) >= 11 is 0. The van der Waals surface area contributed by atoms with Gasteiger partial charge in [0.2, 0.25) is 0 Å². The summed E-state index contributed by atoms with van der Waals surface area (Å²) in [6, 6.07) is 11.1. The molecule has 32 heavy (non-hydrogen) atoms. The maximum Gasteiger partial charge on any atom is 0.162 e. The smallest absolute Gasteiger partial charge is 0.162 e. The molecule has 0 bridgehead atoms. The number of ketones is 1. The molecule has 4 rings (SSSR count). The van der Waals surface area contributed by atoms with Gasteiger partial charge in [-0.05, 0) is 69.6 Å². The van der Waals surface area contributed by atoms with E-state index in [1.165, 1.54) is 38.7 Å². The van der Waals surface area contributed by atoms with Crippen LogP contribution in [0, 0.1) is 0 Å². The third-order valence-electron chi connectivity index (χ3n) is 5.80. The first-order chi connectivity index (χ1) is 15.6. The predicted molar refractivity (Wildman–Crippen MR) is 126 cm³/mol. The summed E-state index contributed by atoms with van der Waals surface area (Å²) in [6.07, 6.45) is 6.44. The van der Waals surface area contributed by atoms with Crippen LogP contribution in [0.2, 0.25) is 0 Å². The van der Waals surface area contributed by atoms with Crippen LogP contribution in [0.3, 0.4) is 0 Å². The normalized spacial score (nSPS) is 14.3. The van der Waals surface area contributed by atoms with Crippen molar-refractivity contribution in [2.45, 2.75) is 32.6 Å². The van der Waals surface area contributed by atoms with Crippen LogP contribution in [0.4, 0.5) is 11.5 Å². The molecule has 7 nitrogen and oxygen atoms in total. The molecule has 1 fully saturated rings. The first-order valence-electron chi connectivity index (χ1n) is 11.2. The molecule has 1 saturated heterocycles. The second-order valence-electron chi connectivity index (χ2n) is 8.11. The number of aromatic nitrogens is 2. The lowest BCUT2D eigenvalue weighted by Crippen LogP contribution is -2.31. The van der Waals surface area contributed by atoms with E-state index in [4.69, 9.17) is 9.47 Å². The van der Waals surface area contributed by atoms with E-state index in [0.29, 0.717) is 29.5 Å². The highest BCUT2D eigenvalue weighted by molar-refractivity contribution is 5.95. The Kier molecular flexibility index (Phi) is 7.17. The van der Waals surface area contributed by atoms with E-state index in [2.05, 4.69) is 20.2 Å². The number of likely N-dealkylation sites (tertiary alicyclic amines) is 1. The predicted octanol–water partition coefficient (Wildman–Crippen LogP) is 4.84. The number of nitrogens with one attached hydrogen (secondary N) is 1. The molecular weight excluding hydrogens is 404 g/mol. The minimum absolute atomic E-state index is 0.0400. The van der Waals surface area contributed by atoms with Crippen LogP contribution >= 0.6 is 0 Å². The summed E-state index contributed by atoms with van der Waals surface area (Å²) in [5.74, 6) is 2.05. The number of hydrogen-bond donors (Lipinski definition) is 1. The van der Waals surface area contributed by atoms with Crippen molar-refractivity contribution in [3.05, 3.63) is 48.3 Å². The molecule has 168 valence electrons. The monoisotopic (exact) mass is 434 g/mol. The number of hydrogen-bond acceptors (Lipinski definition) is 7. The molecule has 2 aromatic carbocycles. The molecule has 0 atom stereocenters. The van der Waals surface area contributed by atoms with Crippen molar-refractivity contribution in [1.29, 1.82) is 0 Å². The number of Topliss-reactive ketones (excluding diaryl/α,β-unsaturated/α-hetero) is 1. The Bertz CT molecular complexity index is 1060. The molecule has 1 aliphatic heterocycles. The number of benzene rings is 2. The number of piperidine rings is 1. The van der Waals surface area contributed by atoms with Crippen LogP contribution in [0.25, 0.3) is 10.9 Å². The first kappa shape index (κ1) is 22.0. The highest BCUT2D eigenvalue weighted by Crippen LogP contribution is 2.34. The minimum atomic E-state index is 0.0400. The number of carbonyl (C=O) groups excluding carboxylic acids is 1. The van der Waals surface area contributed by atoms with Crippen molar-refractivity contribution in [2.24, 2.45) is 0 Å². The maximum absolute atomic E-state index is 11.5. The fourth-order valence-electron chi connectivity index (χ4n) is 4.01. The Morgan fingerprint density at radius 3 is 2.56 bits per heavy atom. The van der Waals surface area contributed by atoms with Crippen LogP contribution in [0.15, 0.2) is 42.7 Å². The Hall–Kier alpha value is -3.19. The number of anilines is 2. The van der Waals surface area contributed by atoms with Gasteiger partial charge in [-0.15, -0.1) is 0 Å². The summed E-state index contributed by atoms with van der Waals surface area (Å²) in [5.41, 5.74) is 2.28. The van der Waals surface area contributed by atoms with Gasteiger partial charge in [0.05, 0.1) is 19.2 Å². The van der Waals surface area contributed by atoms with Gasteiger partial charge in [-0.3, -0.25) is 4.79 Å². The molecule has 0 aliphatic carbocycles. The van der Waals surface area contributed by atoms with Gasteiger partial charge in [-0.1, -0.05) is 6.42 Å². The topological polar surface area (TPSA) is 76.6 Å². The maximum atomic E-state index is 11.5. The van der Waals surface area contributed by atoms with Crippen LogP contribution in [0.1, 0.15) is 43.0 Å². The van der Waals surface area contributed by atoms with Gasteiger partial charge in [0.15, 0.2) is 17.3 Å². The lowest BCUT2D eigenvalue weighted by atomic mass is 10.1. The molecular formula is C25H30N4O3. The van der Waals surface area contributed by atoms with Gasteiger partial charge in [0, 0.05) is 29.2 Å². The summed E-state index contributed by atoms with van der Waals surface area (Å²) in [7, 11) is 1.64. The van der Waals surface area contributed by atoms with Crippen LogP contribution in [-0.4, -0.2) is 54.0 Å². The van der Waals surface area contributed by atoms with E-state index in [-0.39, 0.29) is 5.78 Å². The fourth-order valence-corrected chi connectivity index (χ4v) is 4.01. The molecule has 0 amide bonds. The van der Waals surface area contributed by atoms with Crippen molar-refractivity contribution < 1.29 is 14.3 Å². The molecule has 3 aromatic rings. The van der Waals surface area contributed by atoms with Crippen molar-refractivity contribution in [3.8, 4) is 11.5 Å². The molecule has 0 saturated carbocycles. The van der Waals surface area contributed by atoms with E-state index in [1.807, 2.05) is 24.3 Å². The molecule has 2 heterocycles. The largest absolute Gasteiger partial charge is 0.493 e. The number of carbonyl (C=O) groups is 1. The third-order valence-corrected chi connectivity index (χ3v) is 5.80. The number of rotatable bonds is 9. The Morgan fingerprint density at radius 1 is 1.06 bits per heavy atom. The average Bonchev–Trinajstić information content (AvgIpc) is 2.82. The van der Waals surface area contributed by atoms with Crippen molar-refractivity contribution >= 4 is 28.2 Å². The average molecular weight is 435 g/mol. The van der Waals surface area contributed by atoms with Gasteiger partial charge < -0.3 is 19.7 Å². The molecule has 1 N–H and O–H groups in total. The SMILES string of the molecule is COc1cc2ncnc(Nc3ccc(C(C)=O)cc3)c2cc1OCCCN1CCCCC1. The molecule has 0 unspecified atom stereocenters. The van der Waals surface area contributed by atoms with Gasteiger partial charge >= 0.3 is 0 Å². The van der Waals surface area contributed by atoms with Crippen LogP contribution < -0.4 is 14.8 Å². The Morgan fingerprint density at radius 2 is 1.84 bits per heavy atom. The molecule has 0 radical (unpaired) electrons. The van der Waals surface area contributed by atoms with Gasteiger partial charge in [0.1, 0.15) is 12.1 Å². The second-order valence-corrected chi connectivity index (χ2v) is 8.11. The summed E-state index contributed by atoms with van der Waals surface area (Å²) < 4.78 is 11.6. The molecule has 7 heteroatoms. The summed E-state index contributed by atoms with van der Waals surface area (Å²) in [6.45, 7) is 5.63. The van der Waals surface area contributed by atoms with Gasteiger partial charge in [0.25, 0.3) is 0 Å². The Balaban J connectivity index is 1.49. The zero-order valence-corrected chi connectivity index (χ0v) is 18.8. The number of ether oxygens (including phenoxy) is 2. The highest BCUT2D eigenvalue weighted by Gasteiger charge is 2.13. The number of nitrogens with zero attached hydrogens (tertiary/aromatic N) is 3. The Labute approximate surface area is 188 Å². The van der Waals surface area contributed by atoms with E-state index in [9.17, 15) is 4.79 Å².